The maximum Gasteiger partial charge on any atom is 0.257 e. The summed E-state index contributed by atoms with van der Waals surface area (Å²) in [5.74, 6) is 0.0260. The largest absolute Gasteiger partial charge is 0.501 e. The molecule has 1 N–H and O–H groups in total. The summed E-state index contributed by atoms with van der Waals surface area (Å²) in [6.45, 7) is 8.04. The lowest BCUT2D eigenvalue weighted by molar-refractivity contribution is -0.139. The summed E-state index contributed by atoms with van der Waals surface area (Å²) >= 11 is 5.93. The second-order valence-electron chi connectivity index (χ2n) is 8.49. The first-order valence-corrected chi connectivity index (χ1v) is 12.4. The van der Waals surface area contributed by atoms with E-state index in [9.17, 15) is 14.4 Å². The van der Waals surface area contributed by atoms with Gasteiger partial charge in [-0.25, -0.2) is 0 Å². The lowest BCUT2D eigenvalue weighted by Crippen LogP contribution is -2.37. The van der Waals surface area contributed by atoms with Crippen LogP contribution in [0.3, 0.4) is 0 Å². The van der Waals surface area contributed by atoms with Crippen LogP contribution in [0.1, 0.15) is 65.2 Å². The number of unbranched alkanes of at least 4 members (excludes halogenated alkanes) is 1. The Kier molecular flexibility index (Phi) is 14.7. The first-order valence-electron chi connectivity index (χ1n) is 11.9. The van der Waals surface area contributed by atoms with Gasteiger partial charge in [0.05, 0.1) is 13.2 Å². The van der Waals surface area contributed by atoms with Crippen LogP contribution in [-0.2, 0) is 19.1 Å². The van der Waals surface area contributed by atoms with Crippen LogP contribution in [0.15, 0.2) is 59.9 Å². The van der Waals surface area contributed by atoms with Crippen LogP contribution in [0.5, 0.6) is 0 Å². The van der Waals surface area contributed by atoms with Gasteiger partial charge in [0.15, 0.2) is 0 Å². The third-order valence-electron chi connectivity index (χ3n) is 5.62. The molecule has 0 spiro atoms. The summed E-state index contributed by atoms with van der Waals surface area (Å²) in [6, 6.07) is -0.272. The molecule has 2 atom stereocenters. The Hall–Kier alpha value is -2.60. The van der Waals surface area contributed by atoms with Gasteiger partial charge in [0.2, 0.25) is 5.91 Å². The third kappa shape index (κ3) is 11.5. The van der Waals surface area contributed by atoms with Crippen LogP contribution < -0.4 is 5.32 Å². The molecule has 0 aromatic heterocycles. The highest BCUT2D eigenvalue weighted by Crippen LogP contribution is 2.19. The van der Waals surface area contributed by atoms with Gasteiger partial charge in [-0.2, -0.15) is 0 Å². The standard InChI is InChI=1S/C27H39ClN2O4/c1-5-6-7-11-23(20-28)15-13-21(2)10-8-9-12-25(31)29-18-17-24(34-4)19-27(33)30-22(3)14-16-26(30)32/h5,8,10,14,16,19-22H,1,6-7,9,11-13,15,17-18H2,2-4H3,(H,29,31)/b10-8+,23-20-,24-19+/t21?,22-/m0/s1. The van der Waals surface area contributed by atoms with Crippen LogP contribution >= 0.6 is 11.6 Å². The topological polar surface area (TPSA) is 75.7 Å². The van der Waals surface area contributed by atoms with Gasteiger partial charge in [-0.15, -0.1) is 6.58 Å². The monoisotopic (exact) mass is 490 g/mol. The Morgan fingerprint density at radius 1 is 1.26 bits per heavy atom. The lowest BCUT2D eigenvalue weighted by atomic mass is 9.98. The fourth-order valence-corrected chi connectivity index (χ4v) is 3.73. The minimum atomic E-state index is -0.421. The van der Waals surface area contributed by atoms with Crippen molar-refractivity contribution in [2.24, 2.45) is 5.92 Å². The Bertz CT molecular complexity index is 813. The van der Waals surface area contributed by atoms with Gasteiger partial charge in [0.25, 0.3) is 11.8 Å². The van der Waals surface area contributed by atoms with Crippen LogP contribution in [-0.4, -0.2) is 42.3 Å². The number of carbonyl (C=O) groups is 3. The van der Waals surface area contributed by atoms with Gasteiger partial charge in [-0.05, 0) is 51.4 Å². The van der Waals surface area contributed by atoms with E-state index >= 15 is 0 Å². The molecule has 1 aliphatic heterocycles. The molecule has 0 aliphatic carbocycles. The summed E-state index contributed by atoms with van der Waals surface area (Å²) in [5.41, 5.74) is 2.97. The number of allylic oxidation sites excluding steroid dienone is 4. The minimum Gasteiger partial charge on any atom is -0.501 e. The van der Waals surface area contributed by atoms with Crippen LogP contribution in [0.25, 0.3) is 0 Å². The average Bonchev–Trinajstić information content (AvgIpc) is 3.16. The van der Waals surface area contributed by atoms with Crippen molar-refractivity contribution in [1.82, 2.24) is 10.2 Å². The summed E-state index contributed by atoms with van der Waals surface area (Å²) in [7, 11) is 1.47. The molecule has 1 unspecified atom stereocenters. The van der Waals surface area contributed by atoms with Crippen molar-refractivity contribution >= 4 is 29.3 Å². The predicted molar refractivity (Wildman–Crippen MR) is 138 cm³/mol. The molecule has 188 valence electrons. The van der Waals surface area contributed by atoms with E-state index in [1.807, 2.05) is 12.2 Å². The zero-order valence-corrected chi connectivity index (χ0v) is 21.5. The van der Waals surface area contributed by atoms with Crippen molar-refractivity contribution in [3.05, 3.63) is 59.9 Å². The molecule has 34 heavy (non-hydrogen) atoms. The molecule has 0 saturated carbocycles. The van der Waals surface area contributed by atoms with E-state index < -0.39 is 5.91 Å². The predicted octanol–water partition coefficient (Wildman–Crippen LogP) is 5.57. The van der Waals surface area contributed by atoms with Crippen molar-refractivity contribution in [2.45, 2.75) is 71.3 Å². The number of ether oxygens (including phenoxy) is 1. The maximum absolute atomic E-state index is 12.3. The molecule has 1 heterocycles. The fourth-order valence-electron chi connectivity index (χ4n) is 3.51. The fraction of sp³-hybridized carbons (Fsp3) is 0.519. The zero-order chi connectivity index (χ0) is 25.3. The molecule has 0 aromatic carbocycles. The molecule has 0 aromatic rings. The maximum atomic E-state index is 12.3. The lowest BCUT2D eigenvalue weighted by Gasteiger charge is -2.18. The van der Waals surface area contributed by atoms with E-state index in [4.69, 9.17) is 16.3 Å². The first-order chi connectivity index (χ1) is 16.3. The van der Waals surface area contributed by atoms with E-state index in [0.717, 1.165) is 32.1 Å². The summed E-state index contributed by atoms with van der Waals surface area (Å²) < 4.78 is 5.24. The number of amides is 3. The van der Waals surface area contributed by atoms with Crippen molar-refractivity contribution < 1.29 is 19.1 Å². The van der Waals surface area contributed by atoms with Crippen molar-refractivity contribution in [3.63, 3.8) is 0 Å². The van der Waals surface area contributed by atoms with E-state index in [2.05, 4.69) is 24.9 Å². The number of hydrogen-bond acceptors (Lipinski definition) is 4. The van der Waals surface area contributed by atoms with Crippen molar-refractivity contribution in [3.8, 4) is 0 Å². The Balaban J connectivity index is 2.28. The molecule has 0 saturated heterocycles. The second kappa shape index (κ2) is 16.9. The van der Waals surface area contributed by atoms with Crippen LogP contribution in [0.4, 0.5) is 0 Å². The highest BCUT2D eigenvalue weighted by molar-refractivity contribution is 6.25. The van der Waals surface area contributed by atoms with Gasteiger partial charge in [-0.3, -0.25) is 19.3 Å². The average molecular weight is 491 g/mol. The molecule has 0 radical (unpaired) electrons. The smallest absolute Gasteiger partial charge is 0.257 e. The molecule has 7 heteroatoms. The molecule has 0 bridgehead atoms. The number of halogens is 1. The van der Waals surface area contributed by atoms with E-state index in [-0.39, 0.29) is 17.9 Å². The normalized spacial score (nSPS) is 17.4. The van der Waals surface area contributed by atoms with Crippen molar-refractivity contribution in [2.75, 3.05) is 13.7 Å². The van der Waals surface area contributed by atoms with Gasteiger partial charge in [0, 0.05) is 37.1 Å². The molecular weight excluding hydrogens is 452 g/mol. The molecule has 3 amide bonds. The van der Waals surface area contributed by atoms with Crippen LogP contribution in [0.2, 0.25) is 0 Å². The van der Waals surface area contributed by atoms with Crippen molar-refractivity contribution in [1.29, 1.82) is 0 Å². The Labute approximate surface area is 209 Å². The zero-order valence-electron chi connectivity index (χ0n) is 20.7. The Morgan fingerprint density at radius 2 is 2.03 bits per heavy atom. The number of methoxy groups -OCH3 is 1. The van der Waals surface area contributed by atoms with Gasteiger partial charge in [0.1, 0.15) is 5.76 Å². The molecule has 1 aliphatic rings. The van der Waals surface area contributed by atoms with E-state index in [1.54, 1.807) is 18.5 Å². The number of nitrogens with one attached hydrogen (secondary N) is 1. The van der Waals surface area contributed by atoms with E-state index in [0.29, 0.717) is 37.5 Å². The SMILES string of the molecule is C=CCCC/C(=C/Cl)CCC(C)/C=C/CCC(=O)NCC/C(=C\C(=O)N1C(=O)C=C[C@@H]1C)OC. The van der Waals surface area contributed by atoms with E-state index in [1.165, 1.54) is 29.7 Å². The first kappa shape index (κ1) is 29.4. The molecule has 0 fully saturated rings. The summed E-state index contributed by atoms with van der Waals surface area (Å²) in [5, 5.41) is 2.84. The number of hydrogen-bond donors (Lipinski definition) is 1. The van der Waals surface area contributed by atoms with Crippen LogP contribution in [0, 0.1) is 5.92 Å². The number of rotatable bonds is 16. The highest BCUT2D eigenvalue weighted by Gasteiger charge is 2.27. The van der Waals surface area contributed by atoms with Gasteiger partial charge >= 0.3 is 0 Å². The van der Waals surface area contributed by atoms with Gasteiger partial charge < -0.3 is 10.1 Å². The Morgan fingerprint density at radius 3 is 2.65 bits per heavy atom. The molecule has 6 nitrogen and oxygen atoms in total. The third-order valence-corrected chi connectivity index (χ3v) is 5.93. The minimum absolute atomic E-state index is 0.0544. The number of carbonyl (C=O) groups excluding carboxylic acids is 3. The number of imide groups is 1. The second-order valence-corrected chi connectivity index (χ2v) is 8.71. The number of nitrogens with zero attached hydrogens (tertiary/aromatic N) is 1. The molecular formula is C27H39ClN2O4. The summed E-state index contributed by atoms with van der Waals surface area (Å²) in [4.78, 5) is 37.4. The quantitative estimate of drug-likeness (QED) is 0.133. The van der Waals surface area contributed by atoms with Gasteiger partial charge in [-0.1, -0.05) is 48.4 Å². The molecule has 1 rings (SSSR count). The highest BCUT2D eigenvalue weighted by atomic mass is 35.5. The summed E-state index contributed by atoms with van der Waals surface area (Å²) in [6.07, 6.45) is 17.0.